The van der Waals surface area contributed by atoms with Crippen LogP contribution in [0, 0.1) is 0 Å². The molecule has 0 radical (unpaired) electrons. The number of aryl methyl sites for hydroxylation is 1. The number of ketones is 1. The van der Waals surface area contributed by atoms with Gasteiger partial charge in [-0.25, -0.2) is 4.98 Å². The lowest BCUT2D eigenvalue weighted by atomic mass is 10.0. The average molecular weight is 321 g/mol. The Bertz CT molecular complexity index is 665. The Kier molecular flexibility index (Phi) is 4.00. The molecule has 3 nitrogen and oxygen atoms in total. The predicted molar refractivity (Wildman–Crippen MR) is 87.7 cm³/mol. The fourth-order valence-corrected chi connectivity index (χ4v) is 3.79. The largest absolute Gasteiger partial charge is 0.344 e. The molecule has 110 valence electrons. The molecule has 0 saturated heterocycles. The quantitative estimate of drug-likeness (QED) is 0.834. The van der Waals surface area contributed by atoms with Gasteiger partial charge in [0.15, 0.2) is 10.9 Å². The first-order chi connectivity index (χ1) is 10.1. The van der Waals surface area contributed by atoms with Gasteiger partial charge in [0.05, 0.1) is 16.6 Å². The number of rotatable bonds is 3. The molecule has 0 amide bonds. The number of halogens is 1. The molecule has 1 aliphatic carbocycles. The van der Waals surface area contributed by atoms with Crippen molar-refractivity contribution in [3.05, 3.63) is 45.4 Å². The molecule has 2 aromatic rings. The zero-order valence-corrected chi connectivity index (χ0v) is 13.7. The first-order valence-electron chi connectivity index (χ1n) is 7.07. The number of carbonyl (C=O) groups is 1. The predicted octanol–water partition coefficient (Wildman–Crippen LogP) is 4.51. The molecule has 0 aliphatic heterocycles. The van der Waals surface area contributed by atoms with Crippen LogP contribution < -0.4 is 4.90 Å². The summed E-state index contributed by atoms with van der Waals surface area (Å²) in [6.45, 7) is 2.13. The maximum atomic E-state index is 11.9. The number of thiazole rings is 1. The molecule has 0 N–H and O–H groups in total. The van der Waals surface area contributed by atoms with Gasteiger partial charge in [0.1, 0.15) is 0 Å². The standard InChI is InChI=1S/C16H17ClN2OS/c1-10(11-6-8-12(17)9-7-11)19(2)16-18-13-4-3-5-14(20)15(13)21-16/h6-10H,3-5H2,1-2H3. The van der Waals surface area contributed by atoms with Crippen LogP contribution in [0.3, 0.4) is 0 Å². The van der Waals surface area contributed by atoms with Crippen molar-refractivity contribution < 1.29 is 4.79 Å². The Hall–Kier alpha value is -1.39. The van der Waals surface area contributed by atoms with E-state index in [4.69, 9.17) is 11.6 Å². The molecule has 1 aromatic carbocycles. The van der Waals surface area contributed by atoms with E-state index in [0.29, 0.717) is 6.42 Å². The number of carbonyl (C=O) groups excluding carboxylic acids is 1. The van der Waals surface area contributed by atoms with Gasteiger partial charge in [-0.1, -0.05) is 35.1 Å². The zero-order valence-electron chi connectivity index (χ0n) is 12.1. The van der Waals surface area contributed by atoms with Crippen LogP contribution in [-0.2, 0) is 6.42 Å². The molecule has 21 heavy (non-hydrogen) atoms. The van der Waals surface area contributed by atoms with E-state index in [2.05, 4.69) is 16.8 Å². The Morgan fingerprint density at radius 2 is 2.00 bits per heavy atom. The fraction of sp³-hybridized carbons (Fsp3) is 0.375. The second kappa shape index (κ2) is 5.78. The molecular weight excluding hydrogens is 304 g/mol. The van der Waals surface area contributed by atoms with Crippen LogP contribution in [-0.4, -0.2) is 17.8 Å². The van der Waals surface area contributed by atoms with E-state index in [-0.39, 0.29) is 11.8 Å². The van der Waals surface area contributed by atoms with Gasteiger partial charge in [-0.15, -0.1) is 0 Å². The second-order valence-corrected chi connectivity index (χ2v) is 6.80. The summed E-state index contributed by atoms with van der Waals surface area (Å²) in [5.41, 5.74) is 2.16. The highest BCUT2D eigenvalue weighted by molar-refractivity contribution is 7.17. The summed E-state index contributed by atoms with van der Waals surface area (Å²) < 4.78 is 0. The van der Waals surface area contributed by atoms with E-state index in [1.54, 1.807) is 0 Å². The topological polar surface area (TPSA) is 33.2 Å². The van der Waals surface area contributed by atoms with Gasteiger partial charge in [0.2, 0.25) is 0 Å². The van der Waals surface area contributed by atoms with Crippen LogP contribution in [0.15, 0.2) is 24.3 Å². The van der Waals surface area contributed by atoms with Gasteiger partial charge in [-0.3, -0.25) is 4.79 Å². The van der Waals surface area contributed by atoms with E-state index >= 15 is 0 Å². The van der Waals surface area contributed by atoms with Crippen molar-refractivity contribution in [3.8, 4) is 0 Å². The Morgan fingerprint density at radius 3 is 2.67 bits per heavy atom. The van der Waals surface area contributed by atoms with Crippen molar-refractivity contribution in [2.45, 2.75) is 32.2 Å². The molecule has 1 atom stereocenters. The summed E-state index contributed by atoms with van der Waals surface area (Å²) in [4.78, 5) is 19.6. The SMILES string of the molecule is CC(c1ccc(Cl)cc1)N(C)c1nc2c(s1)C(=O)CCC2. The van der Waals surface area contributed by atoms with E-state index in [9.17, 15) is 4.79 Å². The van der Waals surface area contributed by atoms with Gasteiger partial charge in [-0.2, -0.15) is 0 Å². The summed E-state index contributed by atoms with van der Waals surface area (Å²) in [6, 6.07) is 8.05. The van der Waals surface area contributed by atoms with Crippen LogP contribution in [0.25, 0.3) is 0 Å². The molecule has 5 heteroatoms. The van der Waals surface area contributed by atoms with Crippen LogP contribution >= 0.6 is 22.9 Å². The highest BCUT2D eigenvalue weighted by Gasteiger charge is 2.24. The van der Waals surface area contributed by atoms with Gasteiger partial charge >= 0.3 is 0 Å². The Labute approximate surface area is 133 Å². The molecule has 1 unspecified atom stereocenters. The lowest BCUT2D eigenvalue weighted by Crippen LogP contribution is -2.21. The molecule has 0 fully saturated rings. The van der Waals surface area contributed by atoms with Crippen molar-refractivity contribution in [2.75, 3.05) is 11.9 Å². The zero-order chi connectivity index (χ0) is 15.0. The number of Topliss-reactive ketones (excluding diaryl/α,β-unsaturated/α-hetero) is 1. The van der Waals surface area contributed by atoms with E-state index in [1.165, 1.54) is 16.9 Å². The molecule has 3 rings (SSSR count). The molecular formula is C16H17ClN2OS. The highest BCUT2D eigenvalue weighted by atomic mass is 35.5. The van der Waals surface area contributed by atoms with Crippen molar-refractivity contribution >= 4 is 33.9 Å². The molecule has 1 aromatic heterocycles. The van der Waals surface area contributed by atoms with Gasteiger partial charge in [0.25, 0.3) is 0 Å². The minimum Gasteiger partial charge on any atom is -0.344 e. The smallest absolute Gasteiger partial charge is 0.186 e. The minimum atomic E-state index is 0.185. The van der Waals surface area contributed by atoms with Gasteiger partial charge < -0.3 is 4.90 Å². The summed E-state index contributed by atoms with van der Waals surface area (Å²) in [5.74, 6) is 0.243. The number of benzene rings is 1. The maximum absolute atomic E-state index is 11.9. The van der Waals surface area contributed by atoms with E-state index in [1.807, 2.05) is 31.3 Å². The maximum Gasteiger partial charge on any atom is 0.186 e. The monoisotopic (exact) mass is 320 g/mol. The summed E-state index contributed by atoms with van der Waals surface area (Å²) >= 11 is 7.45. The van der Waals surface area contributed by atoms with Crippen LogP contribution in [0.1, 0.15) is 46.7 Å². The van der Waals surface area contributed by atoms with Crippen molar-refractivity contribution in [1.82, 2.24) is 4.98 Å². The van der Waals surface area contributed by atoms with Gasteiger partial charge in [0, 0.05) is 18.5 Å². The summed E-state index contributed by atoms with van der Waals surface area (Å²) in [6.07, 6.45) is 2.50. The summed E-state index contributed by atoms with van der Waals surface area (Å²) in [7, 11) is 2.02. The first kappa shape index (κ1) is 14.5. The van der Waals surface area contributed by atoms with Gasteiger partial charge in [-0.05, 0) is 37.5 Å². The van der Waals surface area contributed by atoms with Crippen molar-refractivity contribution in [1.29, 1.82) is 0 Å². The first-order valence-corrected chi connectivity index (χ1v) is 8.27. The van der Waals surface area contributed by atoms with Crippen molar-refractivity contribution in [2.24, 2.45) is 0 Å². The number of aromatic nitrogens is 1. The van der Waals surface area contributed by atoms with E-state index < -0.39 is 0 Å². The molecule has 0 spiro atoms. The van der Waals surface area contributed by atoms with E-state index in [0.717, 1.165) is 33.6 Å². The number of fused-ring (bicyclic) bond motifs is 1. The number of nitrogens with zero attached hydrogens (tertiary/aromatic N) is 2. The fourth-order valence-electron chi connectivity index (χ4n) is 2.54. The number of anilines is 1. The minimum absolute atomic E-state index is 0.185. The van der Waals surface area contributed by atoms with Crippen LogP contribution in [0.4, 0.5) is 5.13 Å². The molecule has 0 saturated carbocycles. The third kappa shape index (κ3) is 2.83. The highest BCUT2D eigenvalue weighted by Crippen LogP contribution is 2.34. The number of hydrogen-bond acceptors (Lipinski definition) is 4. The van der Waals surface area contributed by atoms with Crippen LogP contribution in [0.5, 0.6) is 0 Å². The molecule has 0 bridgehead atoms. The second-order valence-electron chi connectivity index (χ2n) is 5.39. The third-order valence-electron chi connectivity index (χ3n) is 3.99. The third-order valence-corrected chi connectivity index (χ3v) is 5.47. The lowest BCUT2D eigenvalue weighted by molar-refractivity contribution is 0.0976. The number of hydrogen-bond donors (Lipinski definition) is 0. The van der Waals surface area contributed by atoms with Crippen LogP contribution in [0.2, 0.25) is 5.02 Å². The normalized spacial score (nSPS) is 15.7. The molecule has 1 heterocycles. The lowest BCUT2D eigenvalue weighted by Gasteiger charge is -2.24. The average Bonchev–Trinajstić information content (AvgIpc) is 2.92. The summed E-state index contributed by atoms with van der Waals surface area (Å²) in [5, 5.41) is 1.65. The Morgan fingerprint density at radius 1 is 1.29 bits per heavy atom. The van der Waals surface area contributed by atoms with Crippen molar-refractivity contribution in [3.63, 3.8) is 0 Å². The molecule has 1 aliphatic rings. The Balaban J connectivity index is 1.86.